The van der Waals surface area contributed by atoms with Gasteiger partial charge in [0.05, 0.1) is 30.9 Å². The summed E-state index contributed by atoms with van der Waals surface area (Å²) in [6.07, 6.45) is 4.58. The van der Waals surface area contributed by atoms with Crippen molar-refractivity contribution in [1.29, 1.82) is 5.26 Å². The Labute approximate surface area is 432 Å². The maximum Gasteiger partial charge on any atom is 0.264 e. The van der Waals surface area contributed by atoms with Crippen LogP contribution in [0.1, 0.15) is 84.9 Å². The first-order chi connectivity index (χ1) is 35.8. The van der Waals surface area contributed by atoms with E-state index in [1.165, 1.54) is 30.2 Å². The van der Waals surface area contributed by atoms with Crippen LogP contribution in [0, 0.1) is 31.0 Å². The molecule has 384 valence electrons. The summed E-state index contributed by atoms with van der Waals surface area (Å²) in [6.45, 7) is 11.8. The van der Waals surface area contributed by atoms with Crippen molar-refractivity contribution >= 4 is 29.1 Å². The number of likely N-dealkylation sites (tertiary alicyclic amines) is 1. The summed E-state index contributed by atoms with van der Waals surface area (Å²) in [5.74, 6) is -0.705. The van der Waals surface area contributed by atoms with Gasteiger partial charge in [-0.05, 0) is 135 Å². The zero-order valence-corrected chi connectivity index (χ0v) is 42.9. The number of halogens is 1. The van der Waals surface area contributed by atoms with E-state index in [0.717, 1.165) is 68.7 Å². The van der Waals surface area contributed by atoms with Gasteiger partial charge in [0, 0.05) is 106 Å². The minimum atomic E-state index is -0.493. The number of amides is 3. The van der Waals surface area contributed by atoms with Gasteiger partial charge in [0.25, 0.3) is 11.8 Å². The van der Waals surface area contributed by atoms with E-state index in [2.05, 4.69) is 40.1 Å². The highest BCUT2D eigenvalue weighted by molar-refractivity contribution is 6.13. The van der Waals surface area contributed by atoms with E-state index >= 15 is 14.0 Å². The third-order valence-electron chi connectivity index (χ3n) is 15.8. The monoisotopic (exact) mass is 1000 g/mol. The van der Waals surface area contributed by atoms with Gasteiger partial charge in [-0.25, -0.2) is 4.39 Å². The summed E-state index contributed by atoms with van der Waals surface area (Å²) in [6, 6.07) is 29.2. The number of ether oxygens (including phenoxy) is 2. The molecular formula is C59H65FN8O6. The standard InChI is InChI=1S/C59H65FN8O6/c1-39-51(59(72)68(46-13-15-49(69)16-14-46)55-32-47(35-61)62(3)40(55)2)34-56(63(39)4)52-29-42-18-21-66(57(70)31-43-12-17-50(33-54(43)60)74-27-24-64-22-25-73-26-23-64)36-45(42)30-53(52)58(71)67-37-44-11-7-6-10-41(44)28-48(67)38-65-19-8-5-9-20-65/h6-7,10-17,29-30,32-34,48,69H,5,8-9,18-28,31,36-38H2,1-4H3. The van der Waals surface area contributed by atoms with Crippen molar-refractivity contribution in [2.75, 3.05) is 70.5 Å². The van der Waals surface area contributed by atoms with Gasteiger partial charge in [0.2, 0.25) is 5.91 Å². The van der Waals surface area contributed by atoms with Gasteiger partial charge >= 0.3 is 0 Å². The van der Waals surface area contributed by atoms with Gasteiger partial charge in [0.15, 0.2) is 0 Å². The van der Waals surface area contributed by atoms with Crippen molar-refractivity contribution in [2.24, 2.45) is 14.1 Å². The zero-order chi connectivity index (χ0) is 51.6. The largest absolute Gasteiger partial charge is 0.508 e. The lowest BCUT2D eigenvalue weighted by Crippen LogP contribution is -2.51. The summed E-state index contributed by atoms with van der Waals surface area (Å²) in [4.78, 5) is 55.2. The second-order valence-electron chi connectivity index (χ2n) is 20.3. The Kier molecular flexibility index (Phi) is 14.7. The summed E-state index contributed by atoms with van der Waals surface area (Å²) in [5, 5.41) is 20.3. The van der Waals surface area contributed by atoms with Crippen molar-refractivity contribution in [3.05, 3.63) is 153 Å². The van der Waals surface area contributed by atoms with E-state index in [4.69, 9.17) is 9.47 Å². The Bertz CT molecular complexity index is 3130. The second kappa shape index (κ2) is 21.7. The molecule has 4 aliphatic rings. The molecule has 1 atom stereocenters. The molecule has 2 saturated heterocycles. The Balaban J connectivity index is 0.993. The molecule has 0 bridgehead atoms. The number of phenolic OH excluding ortho intramolecular Hbond substituents is 1. The smallest absolute Gasteiger partial charge is 0.264 e. The molecule has 0 aliphatic carbocycles. The predicted octanol–water partition coefficient (Wildman–Crippen LogP) is 8.23. The number of rotatable bonds is 13. The van der Waals surface area contributed by atoms with Crippen molar-refractivity contribution in [1.82, 2.24) is 28.7 Å². The number of phenols is 1. The SMILES string of the molecule is Cc1c(N(C(=O)c2cc(-c3cc4c(cc3C(=O)N3Cc5ccccc5CC3CN3CCCCC3)CN(C(=O)Cc3ccc(OCCN5CCOCC5)cc3F)CC4)n(C)c2C)c2ccc(O)cc2)cc(C#N)n1C. The van der Waals surface area contributed by atoms with E-state index in [0.29, 0.717) is 108 Å². The number of hydrogen-bond donors (Lipinski definition) is 1. The fourth-order valence-electron chi connectivity index (χ4n) is 11.2. The third-order valence-corrected chi connectivity index (χ3v) is 15.8. The number of hydrogen-bond acceptors (Lipinski definition) is 9. The number of carbonyl (C=O) groups excluding carboxylic acids is 3. The molecule has 0 saturated carbocycles. The van der Waals surface area contributed by atoms with Gasteiger partial charge in [0.1, 0.15) is 35.7 Å². The van der Waals surface area contributed by atoms with E-state index in [9.17, 15) is 15.2 Å². The summed E-state index contributed by atoms with van der Waals surface area (Å²) < 4.78 is 30.6. The van der Waals surface area contributed by atoms with Crippen LogP contribution < -0.4 is 9.64 Å². The minimum Gasteiger partial charge on any atom is -0.508 e. The van der Waals surface area contributed by atoms with Gasteiger partial charge < -0.3 is 38.4 Å². The quantitative estimate of drug-likeness (QED) is 0.121. The first-order valence-electron chi connectivity index (χ1n) is 26.0. The van der Waals surface area contributed by atoms with Crippen molar-refractivity contribution in [3.63, 3.8) is 0 Å². The van der Waals surface area contributed by atoms with Crippen LogP contribution in [-0.4, -0.2) is 123 Å². The average Bonchev–Trinajstić information content (AvgIpc) is 3.88. The van der Waals surface area contributed by atoms with E-state index < -0.39 is 5.82 Å². The van der Waals surface area contributed by atoms with Crippen LogP contribution in [0.2, 0.25) is 0 Å². The van der Waals surface area contributed by atoms with Crippen molar-refractivity contribution in [3.8, 4) is 28.8 Å². The van der Waals surface area contributed by atoms with E-state index in [1.54, 1.807) is 51.7 Å². The molecule has 4 aliphatic heterocycles. The van der Waals surface area contributed by atoms with Crippen LogP contribution >= 0.6 is 0 Å². The van der Waals surface area contributed by atoms with Crippen LogP contribution in [0.4, 0.5) is 15.8 Å². The highest BCUT2D eigenvalue weighted by Crippen LogP contribution is 2.39. The Morgan fingerprint density at radius 2 is 1.55 bits per heavy atom. The Morgan fingerprint density at radius 3 is 2.28 bits per heavy atom. The fraction of sp³-hybridized carbons (Fsp3) is 0.390. The molecule has 0 spiro atoms. The predicted molar refractivity (Wildman–Crippen MR) is 281 cm³/mol. The molecule has 3 amide bonds. The molecule has 2 aromatic heterocycles. The van der Waals surface area contributed by atoms with Gasteiger partial charge in [-0.2, -0.15) is 5.26 Å². The van der Waals surface area contributed by atoms with E-state index in [-0.39, 0.29) is 42.5 Å². The van der Waals surface area contributed by atoms with E-state index in [1.807, 2.05) is 48.6 Å². The number of fused-ring (bicyclic) bond motifs is 2. The van der Waals surface area contributed by atoms with Crippen LogP contribution in [0.25, 0.3) is 11.3 Å². The maximum atomic E-state index is 15.8. The topological polar surface area (TPSA) is 140 Å². The van der Waals surface area contributed by atoms with Gasteiger partial charge in [-0.15, -0.1) is 0 Å². The molecule has 6 aromatic rings. The molecule has 1 N–H and O–H groups in total. The number of morpholine rings is 1. The molecule has 15 heteroatoms. The average molecular weight is 1000 g/mol. The second-order valence-corrected chi connectivity index (χ2v) is 20.3. The number of piperidine rings is 1. The van der Waals surface area contributed by atoms with Crippen LogP contribution in [0.3, 0.4) is 0 Å². The molecular weight excluding hydrogens is 936 g/mol. The lowest BCUT2D eigenvalue weighted by Gasteiger charge is -2.41. The number of nitrogens with zero attached hydrogens (tertiary/aromatic N) is 8. The normalized spacial score (nSPS) is 17.1. The van der Waals surface area contributed by atoms with Crippen molar-refractivity contribution in [2.45, 2.75) is 71.5 Å². The minimum absolute atomic E-state index is 0.0506. The Morgan fingerprint density at radius 1 is 0.797 bits per heavy atom. The molecule has 4 aromatic carbocycles. The number of carbonyl (C=O) groups is 3. The summed E-state index contributed by atoms with van der Waals surface area (Å²) in [7, 11) is 3.69. The highest BCUT2D eigenvalue weighted by Gasteiger charge is 2.36. The van der Waals surface area contributed by atoms with Crippen LogP contribution in [0.5, 0.6) is 11.5 Å². The molecule has 1 unspecified atom stereocenters. The lowest BCUT2D eigenvalue weighted by molar-refractivity contribution is -0.131. The molecule has 10 rings (SSSR count). The van der Waals surface area contributed by atoms with Gasteiger partial charge in [-0.1, -0.05) is 36.8 Å². The Hall–Kier alpha value is -7.25. The highest BCUT2D eigenvalue weighted by atomic mass is 19.1. The maximum absolute atomic E-state index is 15.8. The summed E-state index contributed by atoms with van der Waals surface area (Å²) in [5.41, 5.74) is 9.52. The van der Waals surface area contributed by atoms with Crippen molar-refractivity contribution < 1.29 is 33.4 Å². The fourth-order valence-corrected chi connectivity index (χ4v) is 11.2. The molecule has 2 fully saturated rings. The lowest BCUT2D eigenvalue weighted by atomic mass is 9.89. The number of benzene rings is 4. The summed E-state index contributed by atoms with van der Waals surface area (Å²) >= 11 is 0. The third kappa shape index (κ3) is 10.3. The first kappa shape index (κ1) is 50.3. The van der Waals surface area contributed by atoms with Crippen LogP contribution in [0.15, 0.2) is 91.0 Å². The number of aromatic nitrogens is 2. The number of aromatic hydroxyl groups is 1. The van der Waals surface area contributed by atoms with Crippen LogP contribution in [-0.2, 0) is 56.0 Å². The number of nitriles is 1. The number of anilines is 2. The molecule has 0 radical (unpaired) electrons. The molecule has 74 heavy (non-hydrogen) atoms. The molecule has 14 nitrogen and oxygen atoms in total. The zero-order valence-electron chi connectivity index (χ0n) is 42.9. The first-order valence-corrected chi connectivity index (χ1v) is 26.0. The van der Waals surface area contributed by atoms with Gasteiger partial charge in [-0.3, -0.25) is 24.2 Å². The molecule has 6 heterocycles.